The normalized spacial score (nSPS) is 11.4. The summed E-state index contributed by atoms with van der Waals surface area (Å²) >= 11 is 0. The number of aryl methyl sites for hydroxylation is 1. The SMILES string of the molecule is CCNC(=NCCNS(=O)(=O)c1ccc(C)cc1)NCCc1ccc(OC)c(OC)c1.I. The molecule has 0 aromatic heterocycles. The number of aliphatic imine (C=N–C) groups is 1. The van der Waals surface area contributed by atoms with Gasteiger partial charge in [-0.3, -0.25) is 4.99 Å². The number of guanidine groups is 1. The fourth-order valence-corrected chi connectivity index (χ4v) is 3.87. The number of hydrogen-bond acceptors (Lipinski definition) is 5. The molecule has 0 fully saturated rings. The maximum absolute atomic E-state index is 12.3. The van der Waals surface area contributed by atoms with Gasteiger partial charge in [-0.2, -0.15) is 0 Å². The summed E-state index contributed by atoms with van der Waals surface area (Å²) < 4.78 is 37.8. The Bertz CT molecular complexity index is 966. The fraction of sp³-hybridized carbons (Fsp3) is 0.409. The lowest BCUT2D eigenvalue weighted by Crippen LogP contribution is -2.39. The molecule has 0 heterocycles. The second-order valence-corrected chi connectivity index (χ2v) is 8.60. The molecule has 0 aliphatic carbocycles. The third-order valence-corrected chi connectivity index (χ3v) is 5.98. The van der Waals surface area contributed by atoms with Gasteiger partial charge >= 0.3 is 0 Å². The number of ether oxygens (including phenoxy) is 2. The first-order chi connectivity index (χ1) is 14.9. The number of nitrogens with one attached hydrogen (secondary N) is 3. The highest BCUT2D eigenvalue weighted by Gasteiger charge is 2.12. The largest absolute Gasteiger partial charge is 0.493 e. The first kappa shape index (κ1) is 28.0. The van der Waals surface area contributed by atoms with Crippen molar-refractivity contribution in [2.75, 3.05) is 40.4 Å². The van der Waals surface area contributed by atoms with E-state index in [1.165, 1.54) is 0 Å². The average Bonchev–Trinajstić information content (AvgIpc) is 2.76. The van der Waals surface area contributed by atoms with Crippen molar-refractivity contribution in [3.8, 4) is 11.5 Å². The Labute approximate surface area is 208 Å². The molecule has 32 heavy (non-hydrogen) atoms. The van der Waals surface area contributed by atoms with Crippen molar-refractivity contribution in [2.45, 2.75) is 25.2 Å². The highest BCUT2D eigenvalue weighted by Crippen LogP contribution is 2.27. The Morgan fingerprint density at radius 1 is 0.969 bits per heavy atom. The van der Waals surface area contributed by atoms with Crippen LogP contribution in [0.3, 0.4) is 0 Å². The molecule has 10 heteroatoms. The van der Waals surface area contributed by atoms with Gasteiger partial charge in [-0.15, -0.1) is 24.0 Å². The Kier molecular flexibility index (Phi) is 12.4. The third kappa shape index (κ3) is 8.83. The molecule has 0 radical (unpaired) electrons. The number of benzene rings is 2. The monoisotopic (exact) mass is 576 g/mol. The van der Waals surface area contributed by atoms with Crippen molar-refractivity contribution in [1.82, 2.24) is 15.4 Å². The van der Waals surface area contributed by atoms with Gasteiger partial charge in [0.2, 0.25) is 10.0 Å². The van der Waals surface area contributed by atoms with Gasteiger partial charge in [0, 0.05) is 19.6 Å². The number of methoxy groups -OCH3 is 2. The second-order valence-electron chi connectivity index (χ2n) is 6.84. The van der Waals surface area contributed by atoms with Crippen LogP contribution in [0.2, 0.25) is 0 Å². The molecule has 0 aliphatic rings. The zero-order valence-electron chi connectivity index (χ0n) is 19.0. The lowest BCUT2D eigenvalue weighted by molar-refractivity contribution is 0.354. The van der Waals surface area contributed by atoms with Gasteiger partial charge in [0.15, 0.2) is 17.5 Å². The number of hydrogen-bond donors (Lipinski definition) is 3. The van der Waals surface area contributed by atoms with Gasteiger partial charge in [0.05, 0.1) is 25.7 Å². The molecule has 0 saturated carbocycles. The minimum Gasteiger partial charge on any atom is -0.493 e. The predicted molar refractivity (Wildman–Crippen MR) is 139 cm³/mol. The topological polar surface area (TPSA) is 101 Å². The van der Waals surface area contributed by atoms with Crippen molar-refractivity contribution in [3.63, 3.8) is 0 Å². The van der Waals surface area contributed by atoms with Crippen LogP contribution in [0.5, 0.6) is 11.5 Å². The lowest BCUT2D eigenvalue weighted by atomic mass is 10.1. The molecule has 2 aromatic rings. The molecule has 2 aromatic carbocycles. The van der Waals surface area contributed by atoms with Crippen LogP contribution in [-0.4, -0.2) is 54.8 Å². The molecule has 0 unspecified atom stereocenters. The zero-order valence-corrected chi connectivity index (χ0v) is 22.1. The van der Waals surface area contributed by atoms with Crippen molar-refractivity contribution < 1.29 is 17.9 Å². The molecule has 0 atom stereocenters. The quantitative estimate of drug-likeness (QED) is 0.165. The van der Waals surface area contributed by atoms with Gasteiger partial charge < -0.3 is 20.1 Å². The molecule has 8 nitrogen and oxygen atoms in total. The van der Waals surface area contributed by atoms with E-state index in [-0.39, 0.29) is 35.4 Å². The summed E-state index contributed by atoms with van der Waals surface area (Å²) in [6.45, 7) is 5.79. The minimum absolute atomic E-state index is 0. The van der Waals surface area contributed by atoms with Gasteiger partial charge in [-0.05, 0) is 50.1 Å². The number of rotatable bonds is 11. The van der Waals surface area contributed by atoms with Crippen LogP contribution in [-0.2, 0) is 16.4 Å². The van der Waals surface area contributed by atoms with E-state index in [2.05, 4.69) is 20.3 Å². The van der Waals surface area contributed by atoms with E-state index < -0.39 is 10.0 Å². The Morgan fingerprint density at radius 3 is 2.28 bits per heavy atom. The smallest absolute Gasteiger partial charge is 0.240 e. The summed E-state index contributed by atoms with van der Waals surface area (Å²) in [5, 5.41) is 6.42. The summed E-state index contributed by atoms with van der Waals surface area (Å²) in [4.78, 5) is 4.69. The molecule has 0 bridgehead atoms. The van der Waals surface area contributed by atoms with Crippen LogP contribution in [0.1, 0.15) is 18.1 Å². The summed E-state index contributed by atoms with van der Waals surface area (Å²) in [6, 6.07) is 12.6. The first-order valence-corrected chi connectivity index (χ1v) is 11.7. The van der Waals surface area contributed by atoms with Crippen molar-refractivity contribution in [1.29, 1.82) is 0 Å². The van der Waals surface area contributed by atoms with Crippen LogP contribution >= 0.6 is 24.0 Å². The summed E-state index contributed by atoms with van der Waals surface area (Å²) in [5.74, 6) is 2.03. The summed E-state index contributed by atoms with van der Waals surface area (Å²) in [6.07, 6.45) is 0.769. The molecule has 0 saturated heterocycles. The number of sulfonamides is 1. The lowest BCUT2D eigenvalue weighted by Gasteiger charge is -2.13. The maximum Gasteiger partial charge on any atom is 0.240 e. The maximum atomic E-state index is 12.3. The molecule has 3 N–H and O–H groups in total. The standard InChI is InChI=1S/C22H32N4O4S.HI/c1-5-23-22(24-13-12-18-8-11-20(29-3)21(16-18)30-4)25-14-15-26-31(27,28)19-9-6-17(2)7-10-19;/h6-11,16,26H,5,12-15H2,1-4H3,(H2,23,24,25);1H. The van der Waals surface area contributed by atoms with E-state index >= 15 is 0 Å². The van der Waals surface area contributed by atoms with Crippen LogP contribution < -0.4 is 24.8 Å². The molecular formula is C22H33IN4O4S. The van der Waals surface area contributed by atoms with Crippen LogP contribution in [0, 0.1) is 6.92 Å². The third-order valence-electron chi connectivity index (χ3n) is 4.50. The van der Waals surface area contributed by atoms with Crippen molar-refractivity contribution in [3.05, 3.63) is 53.6 Å². The van der Waals surface area contributed by atoms with Gasteiger partial charge in [0.1, 0.15) is 0 Å². The van der Waals surface area contributed by atoms with Crippen molar-refractivity contribution >= 4 is 40.0 Å². The predicted octanol–water partition coefficient (Wildman–Crippen LogP) is 2.71. The van der Waals surface area contributed by atoms with Crippen molar-refractivity contribution in [2.24, 2.45) is 4.99 Å². The summed E-state index contributed by atoms with van der Waals surface area (Å²) in [7, 11) is -0.311. The molecule has 2 rings (SSSR count). The Morgan fingerprint density at radius 2 is 1.66 bits per heavy atom. The van der Waals surface area contributed by atoms with E-state index in [0.717, 1.165) is 17.5 Å². The second kappa shape index (κ2) is 14.2. The zero-order chi connectivity index (χ0) is 22.7. The highest BCUT2D eigenvalue weighted by molar-refractivity contribution is 14.0. The Balaban J connectivity index is 0.00000512. The summed E-state index contributed by atoms with van der Waals surface area (Å²) in [5.41, 5.74) is 2.12. The van der Waals surface area contributed by atoms with Crippen LogP contribution in [0.4, 0.5) is 0 Å². The van der Waals surface area contributed by atoms with E-state index in [1.54, 1.807) is 38.5 Å². The molecular weight excluding hydrogens is 543 g/mol. The van der Waals surface area contributed by atoms with E-state index in [0.29, 0.717) is 37.1 Å². The van der Waals surface area contributed by atoms with Crippen LogP contribution in [0.25, 0.3) is 0 Å². The van der Waals surface area contributed by atoms with E-state index in [1.807, 2.05) is 32.0 Å². The first-order valence-electron chi connectivity index (χ1n) is 10.2. The Hall–Kier alpha value is -2.05. The molecule has 0 aliphatic heterocycles. The fourth-order valence-electron chi connectivity index (χ4n) is 2.85. The van der Waals surface area contributed by atoms with Gasteiger partial charge in [-0.1, -0.05) is 23.8 Å². The number of nitrogens with zero attached hydrogens (tertiary/aromatic N) is 1. The molecule has 0 spiro atoms. The molecule has 0 amide bonds. The van der Waals surface area contributed by atoms with Crippen LogP contribution in [0.15, 0.2) is 52.4 Å². The highest BCUT2D eigenvalue weighted by atomic mass is 127. The minimum atomic E-state index is -3.53. The van der Waals surface area contributed by atoms with Gasteiger partial charge in [0.25, 0.3) is 0 Å². The molecule has 178 valence electrons. The average molecular weight is 577 g/mol. The number of halogens is 1. The van der Waals surface area contributed by atoms with E-state index in [9.17, 15) is 8.42 Å². The van der Waals surface area contributed by atoms with Gasteiger partial charge in [-0.25, -0.2) is 13.1 Å². The van der Waals surface area contributed by atoms with E-state index in [4.69, 9.17) is 9.47 Å².